The SMILES string of the molecule is CC.CCOC(=O)NS(=O)(=O)c1c(Cl)cccc1Cl. The number of halogens is 2. The van der Waals surface area contributed by atoms with E-state index in [1.807, 2.05) is 13.8 Å². The number of carbonyl (C=O) groups excluding carboxylic acids is 1. The lowest BCUT2D eigenvalue weighted by molar-refractivity contribution is 0.158. The van der Waals surface area contributed by atoms with E-state index in [4.69, 9.17) is 23.2 Å². The molecule has 0 fully saturated rings. The molecule has 0 bridgehead atoms. The van der Waals surface area contributed by atoms with E-state index in [1.165, 1.54) is 18.2 Å². The van der Waals surface area contributed by atoms with Crippen molar-refractivity contribution in [1.29, 1.82) is 0 Å². The van der Waals surface area contributed by atoms with Gasteiger partial charge < -0.3 is 4.74 Å². The lowest BCUT2D eigenvalue weighted by Gasteiger charge is -2.09. The molecule has 1 aromatic rings. The summed E-state index contributed by atoms with van der Waals surface area (Å²) in [7, 11) is -4.13. The molecule has 1 aromatic carbocycles. The summed E-state index contributed by atoms with van der Waals surface area (Å²) in [6.07, 6.45) is -1.08. The van der Waals surface area contributed by atoms with Crippen LogP contribution in [0.15, 0.2) is 23.1 Å². The average molecular weight is 328 g/mol. The summed E-state index contributed by atoms with van der Waals surface area (Å²) in [5.74, 6) is 0. The van der Waals surface area contributed by atoms with Crippen LogP contribution < -0.4 is 4.72 Å². The van der Waals surface area contributed by atoms with Crippen LogP contribution in [0.4, 0.5) is 4.79 Å². The van der Waals surface area contributed by atoms with Gasteiger partial charge in [-0.25, -0.2) is 17.9 Å². The second-order valence-electron chi connectivity index (χ2n) is 2.88. The Bertz CT molecular complexity index is 511. The third kappa shape index (κ3) is 5.26. The number of amides is 1. The van der Waals surface area contributed by atoms with Crippen LogP contribution >= 0.6 is 23.2 Å². The van der Waals surface area contributed by atoms with Gasteiger partial charge in [-0.1, -0.05) is 43.1 Å². The third-order valence-corrected chi connectivity index (χ3v) is 3.95. The Kier molecular flexibility index (Phi) is 7.82. The van der Waals surface area contributed by atoms with Crippen molar-refractivity contribution < 1.29 is 17.9 Å². The Hall–Kier alpha value is -0.980. The molecule has 0 unspecified atom stereocenters. The number of nitrogens with one attached hydrogen (secondary N) is 1. The molecule has 1 rings (SSSR count). The summed E-state index contributed by atoms with van der Waals surface area (Å²) in [6.45, 7) is 5.60. The minimum atomic E-state index is -4.13. The standard InChI is InChI=1S/C9H9Cl2NO4S.C2H6/c1-2-16-9(13)12-17(14,15)8-6(10)4-3-5-7(8)11;1-2/h3-5H,2H2,1H3,(H,12,13);1-2H3. The Morgan fingerprint density at radius 3 is 2.16 bits per heavy atom. The monoisotopic (exact) mass is 327 g/mol. The first-order valence-electron chi connectivity index (χ1n) is 5.52. The zero-order valence-corrected chi connectivity index (χ0v) is 13.1. The summed E-state index contributed by atoms with van der Waals surface area (Å²) in [6, 6.07) is 4.20. The number of benzene rings is 1. The highest BCUT2D eigenvalue weighted by Crippen LogP contribution is 2.28. The number of hydrogen-bond donors (Lipinski definition) is 1. The van der Waals surface area contributed by atoms with Crippen LogP contribution in [-0.2, 0) is 14.8 Å². The van der Waals surface area contributed by atoms with Crippen LogP contribution in [0.25, 0.3) is 0 Å². The van der Waals surface area contributed by atoms with Crippen molar-refractivity contribution in [3.63, 3.8) is 0 Å². The van der Waals surface area contributed by atoms with Gasteiger partial charge in [0.05, 0.1) is 16.7 Å². The number of carbonyl (C=O) groups is 1. The van der Waals surface area contributed by atoms with Crippen molar-refractivity contribution in [2.24, 2.45) is 0 Å². The number of rotatable bonds is 3. The predicted octanol–water partition coefficient (Wildman–Crippen LogP) is 3.45. The van der Waals surface area contributed by atoms with E-state index in [9.17, 15) is 13.2 Å². The van der Waals surface area contributed by atoms with Gasteiger partial charge in [-0.3, -0.25) is 0 Å². The molecule has 0 saturated heterocycles. The van der Waals surface area contributed by atoms with Gasteiger partial charge in [-0.15, -0.1) is 0 Å². The minimum Gasteiger partial charge on any atom is -0.449 e. The molecule has 108 valence electrons. The Labute approximate surface area is 122 Å². The number of hydrogen-bond acceptors (Lipinski definition) is 4. The summed E-state index contributed by atoms with van der Waals surface area (Å²) < 4.78 is 29.7. The molecule has 1 N–H and O–H groups in total. The molecule has 0 saturated carbocycles. The van der Waals surface area contributed by atoms with E-state index in [2.05, 4.69) is 4.74 Å². The molecule has 0 aliphatic carbocycles. The second-order valence-corrected chi connectivity index (χ2v) is 5.31. The van der Waals surface area contributed by atoms with Gasteiger partial charge in [0.1, 0.15) is 4.90 Å². The van der Waals surface area contributed by atoms with E-state index >= 15 is 0 Å². The van der Waals surface area contributed by atoms with E-state index in [0.717, 1.165) is 0 Å². The normalized spacial score (nSPS) is 10.2. The maximum atomic E-state index is 11.8. The molecule has 8 heteroatoms. The summed E-state index contributed by atoms with van der Waals surface area (Å²) >= 11 is 11.4. The van der Waals surface area contributed by atoms with Crippen molar-refractivity contribution in [2.75, 3.05) is 6.61 Å². The van der Waals surface area contributed by atoms with E-state index in [1.54, 1.807) is 11.6 Å². The first-order chi connectivity index (χ1) is 8.88. The molecule has 0 heterocycles. The van der Waals surface area contributed by atoms with Crippen LogP contribution in [-0.4, -0.2) is 21.1 Å². The van der Waals surface area contributed by atoms with Gasteiger partial charge in [0, 0.05) is 0 Å². The van der Waals surface area contributed by atoms with Crippen molar-refractivity contribution in [3.05, 3.63) is 28.2 Å². The van der Waals surface area contributed by atoms with Crippen LogP contribution in [0, 0.1) is 0 Å². The first kappa shape index (κ1) is 18.0. The molecule has 0 radical (unpaired) electrons. The molecule has 1 amide bonds. The van der Waals surface area contributed by atoms with Gasteiger partial charge in [-0.2, -0.15) is 0 Å². The highest BCUT2D eigenvalue weighted by Gasteiger charge is 2.24. The fraction of sp³-hybridized carbons (Fsp3) is 0.364. The smallest absolute Gasteiger partial charge is 0.421 e. The quantitative estimate of drug-likeness (QED) is 0.922. The topological polar surface area (TPSA) is 72.5 Å². The highest BCUT2D eigenvalue weighted by molar-refractivity contribution is 7.90. The zero-order chi connectivity index (χ0) is 15.1. The molecule has 0 atom stereocenters. The van der Waals surface area contributed by atoms with Crippen LogP contribution in [0.2, 0.25) is 10.0 Å². The Morgan fingerprint density at radius 2 is 1.74 bits per heavy atom. The fourth-order valence-corrected chi connectivity index (χ4v) is 3.10. The molecule has 0 spiro atoms. The molecule has 0 aromatic heterocycles. The van der Waals surface area contributed by atoms with Crippen molar-refractivity contribution in [1.82, 2.24) is 4.72 Å². The van der Waals surface area contributed by atoms with Crippen LogP contribution in [0.3, 0.4) is 0 Å². The lowest BCUT2D eigenvalue weighted by Crippen LogP contribution is -2.31. The van der Waals surface area contributed by atoms with Crippen molar-refractivity contribution >= 4 is 39.3 Å². The number of ether oxygens (including phenoxy) is 1. The molecule has 5 nitrogen and oxygen atoms in total. The van der Waals surface area contributed by atoms with Gasteiger partial charge in [0.25, 0.3) is 10.0 Å². The predicted molar refractivity (Wildman–Crippen MR) is 75.2 cm³/mol. The minimum absolute atomic E-state index is 0.0532. The average Bonchev–Trinajstić information content (AvgIpc) is 2.30. The molecular formula is C11H15Cl2NO4S. The molecule has 0 aliphatic heterocycles. The molecule has 0 aliphatic rings. The lowest BCUT2D eigenvalue weighted by atomic mass is 10.4. The third-order valence-electron chi connectivity index (χ3n) is 1.68. The van der Waals surface area contributed by atoms with E-state index in [-0.39, 0.29) is 21.5 Å². The molecule has 19 heavy (non-hydrogen) atoms. The summed E-state index contributed by atoms with van der Waals surface area (Å²) in [5.41, 5.74) is 0. The van der Waals surface area contributed by atoms with Crippen LogP contribution in [0.1, 0.15) is 20.8 Å². The summed E-state index contributed by atoms with van der Waals surface area (Å²) in [4.78, 5) is 10.7. The summed E-state index contributed by atoms with van der Waals surface area (Å²) in [5, 5.41) is -0.149. The maximum Gasteiger partial charge on any atom is 0.421 e. The van der Waals surface area contributed by atoms with Crippen LogP contribution in [0.5, 0.6) is 0 Å². The zero-order valence-electron chi connectivity index (χ0n) is 10.7. The van der Waals surface area contributed by atoms with Gasteiger partial charge in [0.2, 0.25) is 0 Å². The van der Waals surface area contributed by atoms with Crippen molar-refractivity contribution in [2.45, 2.75) is 25.7 Å². The Morgan fingerprint density at radius 1 is 1.26 bits per heavy atom. The second kappa shape index (κ2) is 8.24. The maximum absolute atomic E-state index is 11.8. The largest absolute Gasteiger partial charge is 0.449 e. The molecular weight excluding hydrogens is 313 g/mol. The van der Waals surface area contributed by atoms with Gasteiger partial charge >= 0.3 is 6.09 Å². The van der Waals surface area contributed by atoms with E-state index < -0.39 is 16.1 Å². The highest BCUT2D eigenvalue weighted by atomic mass is 35.5. The number of sulfonamides is 1. The van der Waals surface area contributed by atoms with Gasteiger partial charge in [0.15, 0.2) is 0 Å². The fourth-order valence-electron chi connectivity index (χ4n) is 1.06. The Balaban J connectivity index is 0.00000154. The first-order valence-corrected chi connectivity index (χ1v) is 7.76. The van der Waals surface area contributed by atoms with E-state index in [0.29, 0.717) is 0 Å². The van der Waals surface area contributed by atoms with Gasteiger partial charge in [-0.05, 0) is 19.1 Å². The van der Waals surface area contributed by atoms with Crippen molar-refractivity contribution in [3.8, 4) is 0 Å².